The van der Waals surface area contributed by atoms with Crippen LogP contribution in [0.2, 0.25) is 0 Å². The van der Waals surface area contributed by atoms with Gasteiger partial charge in [0.25, 0.3) is 5.91 Å². The van der Waals surface area contributed by atoms with Crippen LogP contribution in [0.1, 0.15) is 56.6 Å². The first-order valence-corrected chi connectivity index (χ1v) is 15.6. The van der Waals surface area contributed by atoms with Gasteiger partial charge in [0.15, 0.2) is 15.8 Å². The molecule has 1 saturated heterocycles. The summed E-state index contributed by atoms with van der Waals surface area (Å²) in [6, 6.07) is 13.7. The molecule has 4 saturated carbocycles. The maximum Gasteiger partial charge on any atom is 0.285 e. The molecule has 2 aromatic rings. The third-order valence-electron chi connectivity index (χ3n) is 8.38. The van der Waals surface area contributed by atoms with E-state index in [2.05, 4.69) is 21.4 Å². The molecule has 39 heavy (non-hydrogen) atoms. The summed E-state index contributed by atoms with van der Waals surface area (Å²) in [6.45, 7) is 2.79. The third-order valence-corrected chi connectivity index (χ3v) is 10.3. The Balaban J connectivity index is 1.18. The summed E-state index contributed by atoms with van der Waals surface area (Å²) in [5.41, 5.74) is 4.39. The second-order valence-electron chi connectivity index (χ2n) is 11.2. The molecule has 0 atom stereocenters. The molecule has 4 aliphatic carbocycles. The molecule has 0 spiro atoms. The molecule has 204 valence electrons. The van der Waals surface area contributed by atoms with Gasteiger partial charge in [-0.05, 0) is 121 Å². The fourth-order valence-corrected chi connectivity index (χ4v) is 8.88. The summed E-state index contributed by atoms with van der Waals surface area (Å²) >= 11 is 10.3. The number of hydrazine groups is 1. The van der Waals surface area contributed by atoms with Crippen molar-refractivity contribution >= 4 is 62.1 Å². The van der Waals surface area contributed by atoms with E-state index in [1.807, 2.05) is 49.4 Å². The number of hydrogen-bond donors (Lipinski definition) is 1. The largest absolute Gasteiger partial charge is 0.490 e. The number of carbonyl (C=O) groups excluding carboxylic acids is 2. The topological polar surface area (TPSA) is 67.9 Å². The first-order chi connectivity index (χ1) is 18.8. The molecule has 6 nitrogen and oxygen atoms in total. The fourth-order valence-electron chi connectivity index (χ4n) is 7.13. The van der Waals surface area contributed by atoms with Gasteiger partial charge in [0.1, 0.15) is 6.61 Å². The average molecular weight is 628 g/mol. The van der Waals surface area contributed by atoms with Gasteiger partial charge in [0.2, 0.25) is 5.91 Å². The van der Waals surface area contributed by atoms with Gasteiger partial charge < -0.3 is 9.47 Å². The van der Waals surface area contributed by atoms with Gasteiger partial charge >= 0.3 is 0 Å². The van der Waals surface area contributed by atoms with Crippen molar-refractivity contribution in [3.8, 4) is 11.5 Å². The van der Waals surface area contributed by atoms with Crippen LogP contribution in [-0.2, 0) is 16.2 Å². The predicted octanol–water partition coefficient (Wildman–Crippen LogP) is 6.88. The minimum atomic E-state index is -0.353. The maximum absolute atomic E-state index is 13.5. The molecule has 7 rings (SSSR count). The summed E-state index contributed by atoms with van der Waals surface area (Å²) in [5, 5.41) is 1.27. The van der Waals surface area contributed by atoms with E-state index in [4.69, 9.17) is 21.7 Å². The van der Waals surface area contributed by atoms with E-state index >= 15 is 0 Å². The Kier molecular flexibility index (Phi) is 7.50. The first-order valence-electron chi connectivity index (χ1n) is 13.6. The Hall–Kier alpha value is -2.36. The highest BCUT2D eigenvalue weighted by Crippen LogP contribution is 2.60. The van der Waals surface area contributed by atoms with Gasteiger partial charge in [-0.2, -0.15) is 5.01 Å². The number of halogens is 1. The number of rotatable bonds is 8. The molecule has 1 aliphatic heterocycles. The highest BCUT2D eigenvalue weighted by molar-refractivity contribution is 9.10. The van der Waals surface area contributed by atoms with E-state index in [9.17, 15) is 9.59 Å². The lowest BCUT2D eigenvalue weighted by Crippen LogP contribution is -2.57. The Morgan fingerprint density at radius 1 is 1.13 bits per heavy atom. The number of thioether (sulfide) groups is 1. The summed E-state index contributed by atoms with van der Waals surface area (Å²) in [7, 11) is 0. The molecule has 5 aliphatic rings. The quantitative estimate of drug-likeness (QED) is 0.255. The Morgan fingerprint density at radius 3 is 2.44 bits per heavy atom. The van der Waals surface area contributed by atoms with Crippen molar-refractivity contribution in [3.05, 3.63) is 63.0 Å². The standard InChI is InChI=1S/C30H31BrN2O4S2/c1-2-36-24-12-19(11-23(31)26(24)37-17-18-6-4-3-5-7-18)13-25-27(34)33(29(38)39-25)32-28(35)30-14-20-8-21(15-30)10-22(9-20)16-30/h3-7,11-13,20-22H,2,8-10,14-17H2,1H3,(H,32,35)/b25-13+. The molecule has 2 amide bonds. The normalized spacial score (nSPS) is 28.3. The van der Waals surface area contributed by atoms with Crippen LogP contribution < -0.4 is 14.9 Å². The minimum Gasteiger partial charge on any atom is -0.490 e. The Morgan fingerprint density at radius 2 is 1.79 bits per heavy atom. The molecule has 1 N–H and O–H groups in total. The van der Waals surface area contributed by atoms with Crippen LogP contribution in [0.4, 0.5) is 0 Å². The second-order valence-corrected chi connectivity index (χ2v) is 13.7. The van der Waals surface area contributed by atoms with E-state index in [0.29, 0.717) is 51.7 Å². The Labute approximate surface area is 247 Å². The van der Waals surface area contributed by atoms with Gasteiger partial charge in [-0.25, -0.2) is 0 Å². The second kappa shape index (κ2) is 10.9. The van der Waals surface area contributed by atoms with Crippen LogP contribution in [0.15, 0.2) is 51.8 Å². The molecule has 5 fully saturated rings. The number of benzene rings is 2. The molecule has 1 heterocycles. The number of nitrogens with zero attached hydrogens (tertiary/aromatic N) is 1. The lowest BCUT2D eigenvalue weighted by molar-refractivity contribution is -0.152. The Bertz CT molecular complexity index is 1310. The summed E-state index contributed by atoms with van der Waals surface area (Å²) in [5.74, 6) is 2.77. The lowest BCUT2D eigenvalue weighted by atomic mass is 9.49. The number of nitrogens with one attached hydrogen (secondary N) is 1. The van der Waals surface area contributed by atoms with E-state index < -0.39 is 0 Å². The van der Waals surface area contributed by atoms with E-state index in [-0.39, 0.29) is 17.2 Å². The first kappa shape index (κ1) is 26.8. The molecule has 2 aromatic carbocycles. The molecule has 9 heteroatoms. The molecular formula is C30H31BrN2O4S2. The maximum atomic E-state index is 13.5. The zero-order valence-corrected chi connectivity index (χ0v) is 25.0. The van der Waals surface area contributed by atoms with Crippen molar-refractivity contribution in [2.24, 2.45) is 23.2 Å². The van der Waals surface area contributed by atoms with Gasteiger partial charge in [-0.3, -0.25) is 15.0 Å². The number of hydrogen-bond acceptors (Lipinski definition) is 6. The summed E-state index contributed by atoms with van der Waals surface area (Å²) in [4.78, 5) is 27.4. The molecule has 4 bridgehead atoms. The van der Waals surface area contributed by atoms with Crippen LogP contribution in [-0.4, -0.2) is 27.8 Å². The monoisotopic (exact) mass is 626 g/mol. The predicted molar refractivity (Wildman–Crippen MR) is 160 cm³/mol. The fraction of sp³-hybridized carbons (Fsp3) is 0.433. The molecule has 0 aromatic heterocycles. The number of carbonyl (C=O) groups is 2. The van der Waals surface area contributed by atoms with Crippen molar-refractivity contribution in [2.45, 2.75) is 52.1 Å². The van der Waals surface area contributed by atoms with Crippen LogP contribution in [0.25, 0.3) is 6.08 Å². The zero-order chi connectivity index (χ0) is 27.1. The van der Waals surface area contributed by atoms with Crippen molar-refractivity contribution in [1.82, 2.24) is 10.4 Å². The van der Waals surface area contributed by atoms with Crippen molar-refractivity contribution < 1.29 is 19.1 Å². The summed E-state index contributed by atoms with van der Waals surface area (Å²) < 4.78 is 13.0. The van der Waals surface area contributed by atoms with Crippen LogP contribution in [0.3, 0.4) is 0 Å². The van der Waals surface area contributed by atoms with Gasteiger partial charge in [-0.1, -0.05) is 42.1 Å². The smallest absolute Gasteiger partial charge is 0.285 e. The van der Waals surface area contributed by atoms with Crippen molar-refractivity contribution in [3.63, 3.8) is 0 Å². The van der Waals surface area contributed by atoms with Gasteiger partial charge in [0.05, 0.1) is 21.4 Å². The lowest BCUT2D eigenvalue weighted by Gasteiger charge is -2.55. The van der Waals surface area contributed by atoms with Gasteiger partial charge in [0, 0.05) is 0 Å². The number of thiocarbonyl (C=S) groups is 1. The van der Waals surface area contributed by atoms with Crippen LogP contribution in [0.5, 0.6) is 11.5 Å². The SMILES string of the molecule is CCOc1cc(/C=C2/SC(=S)N(NC(=O)C34CC5CC(CC(C5)C3)C4)C2=O)cc(Br)c1OCc1ccccc1. The third kappa shape index (κ3) is 5.37. The van der Waals surface area contributed by atoms with E-state index in [1.54, 1.807) is 6.08 Å². The van der Waals surface area contributed by atoms with Crippen LogP contribution >= 0.6 is 39.9 Å². The van der Waals surface area contributed by atoms with E-state index in [1.165, 1.54) is 36.0 Å². The average Bonchev–Trinajstić information content (AvgIpc) is 3.15. The van der Waals surface area contributed by atoms with Crippen molar-refractivity contribution in [1.29, 1.82) is 0 Å². The molecular weight excluding hydrogens is 596 g/mol. The summed E-state index contributed by atoms with van der Waals surface area (Å²) in [6.07, 6.45) is 8.35. The van der Waals surface area contributed by atoms with Gasteiger partial charge in [-0.15, -0.1) is 0 Å². The number of amides is 2. The highest BCUT2D eigenvalue weighted by atomic mass is 79.9. The minimum absolute atomic E-state index is 0.0413. The van der Waals surface area contributed by atoms with Crippen LogP contribution in [0, 0.1) is 23.2 Å². The molecule has 0 radical (unpaired) electrons. The molecule has 0 unspecified atom stereocenters. The number of ether oxygens (including phenoxy) is 2. The zero-order valence-electron chi connectivity index (χ0n) is 21.8. The van der Waals surface area contributed by atoms with Crippen molar-refractivity contribution in [2.75, 3.05) is 6.61 Å². The van der Waals surface area contributed by atoms with E-state index in [0.717, 1.165) is 34.9 Å². The highest BCUT2D eigenvalue weighted by Gasteiger charge is 2.55.